The van der Waals surface area contributed by atoms with Gasteiger partial charge < -0.3 is 14.6 Å². The summed E-state index contributed by atoms with van der Waals surface area (Å²) in [6.45, 7) is 2.39. The van der Waals surface area contributed by atoms with Gasteiger partial charge in [0.15, 0.2) is 0 Å². The van der Waals surface area contributed by atoms with Gasteiger partial charge in [-0.3, -0.25) is 10.1 Å². The highest BCUT2D eigenvalue weighted by atomic mass is 16.6. The zero-order valence-corrected chi connectivity index (χ0v) is 9.89. The lowest BCUT2D eigenvalue weighted by Gasteiger charge is -2.15. The molecule has 1 aromatic heterocycles. The average Bonchev–Trinajstić information content (AvgIpc) is 3.03. The van der Waals surface area contributed by atoms with E-state index in [4.69, 9.17) is 4.42 Å². The minimum atomic E-state index is -0.523. The molecule has 0 spiro atoms. The van der Waals surface area contributed by atoms with Crippen molar-refractivity contribution in [2.24, 2.45) is 0 Å². The van der Waals surface area contributed by atoms with Gasteiger partial charge in [0.05, 0.1) is 12.6 Å². The lowest BCUT2D eigenvalue weighted by molar-refractivity contribution is -0.402. The average molecular weight is 239 g/mol. The van der Waals surface area contributed by atoms with Crippen molar-refractivity contribution < 1.29 is 9.34 Å². The van der Waals surface area contributed by atoms with Gasteiger partial charge in [-0.25, -0.2) is 0 Å². The summed E-state index contributed by atoms with van der Waals surface area (Å²) in [5.74, 6) is 0.405. The minimum absolute atomic E-state index is 0.197. The Bertz CT molecular complexity index is 387. The zero-order chi connectivity index (χ0) is 12.3. The summed E-state index contributed by atoms with van der Waals surface area (Å²) >= 11 is 0. The first kappa shape index (κ1) is 12.1. The van der Waals surface area contributed by atoms with Crippen LogP contribution < -0.4 is 5.32 Å². The summed E-state index contributed by atoms with van der Waals surface area (Å²) in [4.78, 5) is 12.2. The Kier molecular flexibility index (Phi) is 3.75. The number of rotatable bonds is 7. The number of hydrogen-bond donors (Lipinski definition) is 1. The quantitative estimate of drug-likeness (QED) is 0.442. The van der Waals surface area contributed by atoms with Crippen LogP contribution in [0.25, 0.3) is 0 Å². The van der Waals surface area contributed by atoms with Crippen LogP contribution in [0.1, 0.15) is 18.6 Å². The molecule has 0 aliphatic heterocycles. The fourth-order valence-electron chi connectivity index (χ4n) is 1.72. The van der Waals surface area contributed by atoms with E-state index in [0.717, 1.165) is 19.1 Å². The van der Waals surface area contributed by atoms with Crippen molar-refractivity contribution in [3.05, 3.63) is 28.0 Å². The molecule has 1 fully saturated rings. The van der Waals surface area contributed by atoms with Crippen molar-refractivity contribution in [3.8, 4) is 0 Å². The minimum Gasteiger partial charge on any atom is -0.404 e. The topological polar surface area (TPSA) is 71.5 Å². The monoisotopic (exact) mass is 239 g/mol. The summed E-state index contributed by atoms with van der Waals surface area (Å²) in [5, 5.41) is 13.6. The van der Waals surface area contributed by atoms with E-state index in [1.807, 2.05) is 0 Å². The van der Waals surface area contributed by atoms with Crippen LogP contribution in [0.2, 0.25) is 0 Å². The van der Waals surface area contributed by atoms with Crippen molar-refractivity contribution in [1.82, 2.24) is 10.2 Å². The number of nitrogens with zero attached hydrogens (tertiary/aromatic N) is 2. The molecule has 0 bridgehead atoms. The maximum atomic E-state index is 10.4. The lowest BCUT2D eigenvalue weighted by Crippen LogP contribution is -2.30. The predicted molar refractivity (Wildman–Crippen MR) is 62.7 cm³/mol. The van der Waals surface area contributed by atoms with Gasteiger partial charge in [0.2, 0.25) is 0 Å². The van der Waals surface area contributed by atoms with Crippen LogP contribution in [-0.2, 0) is 6.54 Å². The summed E-state index contributed by atoms with van der Waals surface area (Å²) in [6, 6.07) is 3.78. The highest BCUT2D eigenvalue weighted by molar-refractivity contribution is 5.17. The number of nitro groups is 1. The zero-order valence-electron chi connectivity index (χ0n) is 9.89. The molecule has 0 radical (unpaired) electrons. The number of likely N-dealkylation sites (N-methyl/N-ethyl adjacent to an activating group) is 1. The van der Waals surface area contributed by atoms with Crippen molar-refractivity contribution >= 4 is 5.88 Å². The molecule has 1 aliphatic carbocycles. The van der Waals surface area contributed by atoms with Crippen LogP contribution in [0.4, 0.5) is 5.88 Å². The lowest BCUT2D eigenvalue weighted by atomic mass is 10.4. The normalized spacial score (nSPS) is 15.4. The molecule has 0 aromatic carbocycles. The van der Waals surface area contributed by atoms with Crippen LogP contribution in [0, 0.1) is 10.1 Å². The summed E-state index contributed by atoms with van der Waals surface area (Å²) in [6.07, 6.45) is 2.61. The Morgan fingerprint density at radius 1 is 1.59 bits per heavy atom. The van der Waals surface area contributed by atoms with E-state index in [0.29, 0.717) is 12.3 Å². The molecule has 0 amide bonds. The van der Waals surface area contributed by atoms with Gasteiger partial charge in [-0.1, -0.05) is 0 Å². The number of nitrogens with one attached hydrogen (secondary N) is 1. The van der Waals surface area contributed by atoms with E-state index in [1.54, 1.807) is 6.07 Å². The highest BCUT2D eigenvalue weighted by Gasteiger charge is 2.25. The fourth-order valence-corrected chi connectivity index (χ4v) is 1.72. The molecule has 0 atom stereocenters. The van der Waals surface area contributed by atoms with E-state index in [9.17, 15) is 10.1 Å². The van der Waals surface area contributed by atoms with Crippen molar-refractivity contribution in [3.63, 3.8) is 0 Å². The van der Waals surface area contributed by atoms with Gasteiger partial charge >= 0.3 is 5.88 Å². The van der Waals surface area contributed by atoms with E-state index in [2.05, 4.69) is 17.3 Å². The van der Waals surface area contributed by atoms with Crippen molar-refractivity contribution in [1.29, 1.82) is 0 Å². The number of furan rings is 1. The second-order valence-electron chi connectivity index (χ2n) is 4.39. The van der Waals surface area contributed by atoms with Gasteiger partial charge in [-0.2, -0.15) is 0 Å². The van der Waals surface area contributed by atoms with Gasteiger partial charge in [0.1, 0.15) is 10.7 Å². The van der Waals surface area contributed by atoms with Gasteiger partial charge in [0, 0.05) is 19.1 Å². The molecule has 0 unspecified atom stereocenters. The molecule has 1 aromatic rings. The molecule has 1 aliphatic rings. The van der Waals surface area contributed by atoms with Crippen LogP contribution in [-0.4, -0.2) is 36.0 Å². The third-order valence-electron chi connectivity index (χ3n) is 2.94. The van der Waals surface area contributed by atoms with Crippen LogP contribution in [0.5, 0.6) is 0 Å². The largest absolute Gasteiger partial charge is 0.433 e. The Morgan fingerprint density at radius 3 is 2.94 bits per heavy atom. The third kappa shape index (κ3) is 3.54. The Balaban J connectivity index is 1.65. The Labute approximate surface area is 99.7 Å². The Morgan fingerprint density at radius 2 is 2.35 bits per heavy atom. The molecular weight excluding hydrogens is 222 g/mol. The molecule has 6 nitrogen and oxygen atoms in total. The van der Waals surface area contributed by atoms with Crippen LogP contribution in [0.15, 0.2) is 16.5 Å². The third-order valence-corrected chi connectivity index (χ3v) is 2.94. The maximum Gasteiger partial charge on any atom is 0.433 e. The smallest absolute Gasteiger partial charge is 0.404 e. The maximum absolute atomic E-state index is 10.4. The second-order valence-corrected chi connectivity index (χ2v) is 4.39. The Hall–Kier alpha value is -1.40. The summed E-state index contributed by atoms with van der Waals surface area (Å²) in [7, 11) is 2.12. The van der Waals surface area contributed by atoms with Crippen LogP contribution in [0.3, 0.4) is 0 Å². The van der Waals surface area contributed by atoms with Gasteiger partial charge in [-0.15, -0.1) is 0 Å². The first-order valence-corrected chi connectivity index (χ1v) is 5.81. The molecular formula is C11H17N3O3. The molecule has 17 heavy (non-hydrogen) atoms. The van der Waals surface area contributed by atoms with Crippen molar-refractivity contribution in [2.75, 3.05) is 20.1 Å². The first-order valence-electron chi connectivity index (χ1n) is 5.81. The van der Waals surface area contributed by atoms with Crippen LogP contribution >= 0.6 is 0 Å². The van der Waals surface area contributed by atoms with E-state index in [1.165, 1.54) is 18.9 Å². The molecule has 1 N–H and O–H groups in total. The molecule has 6 heteroatoms. The second kappa shape index (κ2) is 5.29. The first-order chi connectivity index (χ1) is 8.16. The SMILES string of the molecule is CN(CCNCc1ccc([N+](=O)[O-])o1)C1CC1. The van der Waals surface area contributed by atoms with E-state index in [-0.39, 0.29) is 5.88 Å². The molecule has 0 saturated heterocycles. The predicted octanol–water partition coefficient (Wildman–Crippen LogP) is 1.37. The molecule has 94 valence electrons. The molecule has 2 rings (SSSR count). The summed E-state index contributed by atoms with van der Waals surface area (Å²) < 4.78 is 5.04. The molecule has 1 heterocycles. The highest BCUT2D eigenvalue weighted by Crippen LogP contribution is 2.24. The molecule has 1 saturated carbocycles. The van der Waals surface area contributed by atoms with E-state index < -0.39 is 4.92 Å². The van der Waals surface area contributed by atoms with E-state index >= 15 is 0 Å². The van der Waals surface area contributed by atoms with Gasteiger partial charge in [-0.05, 0) is 26.0 Å². The van der Waals surface area contributed by atoms with Crippen molar-refractivity contribution in [2.45, 2.75) is 25.4 Å². The summed E-state index contributed by atoms with van der Waals surface area (Å²) in [5.41, 5.74) is 0. The fraction of sp³-hybridized carbons (Fsp3) is 0.636. The van der Waals surface area contributed by atoms with Gasteiger partial charge in [0.25, 0.3) is 0 Å². The standard InChI is InChI=1S/C11H17N3O3/c1-13(9-2-3-9)7-6-12-8-10-4-5-11(17-10)14(15)16/h4-5,9,12H,2-3,6-8H2,1H3. The number of hydrogen-bond acceptors (Lipinski definition) is 5.